The van der Waals surface area contributed by atoms with Crippen LogP contribution in [0.2, 0.25) is 0 Å². The third kappa shape index (κ3) is 4.24. The second-order valence-electron chi connectivity index (χ2n) is 5.37. The SMILES string of the molecule is O=C(Nc1cc(C(F)(F)F)cc(C(F)(F)F)c1)c1ccc(-n2cncn2)nn1. The molecular weight excluding hydrogens is 394 g/mol. The van der Waals surface area contributed by atoms with E-state index in [0.717, 1.165) is 0 Å². The van der Waals surface area contributed by atoms with Gasteiger partial charge in [-0.15, -0.1) is 10.2 Å². The standard InChI is InChI=1S/C15H8F6N6O/c16-14(17,18)8-3-9(15(19,20)21)5-10(4-8)24-13(28)11-1-2-12(26-25-11)27-7-22-6-23-27/h1-7H,(H,24,28). The normalized spacial score (nSPS) is 12.1. The number of hydrogen-bond acceptors (Lipinski definition) is 5. The fourth-order valence-electron chi connectivity index (χ4n) is 2.12. The fourth-order valence-corrected chi connectivity index (χ4v) is 2.12. The van der Waals surface area contributed by atoms with Crippen molar-refractivity contribution < 1.29 is 31.1 Å². The molecule has 2 aromatic heterocycles. The molecule has 0 radical (unpaired) electrons. The molecule has 0 atom stereocenters. The molecule has 3 rings (SSSR count). The number of alkyl halides is 6. The van der Waals surface area contributed by atoms with Crippen LogP contribution in [0.1, 0.15) is 21.6 Å². The lowest BCUT2D eigenvalue weighted by atomic mass is 10.1. The van der Waals surface area contributed by atoms with Gasteiger partial charge >= 0.3 is 12.4 Å². The number of aromatic nitrogens is 5. The van der Waals surface area contributed by atoms with E-state index >= 15 is 0 Å². The molecule has 1 amide bonds. The largest absolute Gasteiger partial charge is 0.416 e. The van der Waals surface area contributed by atoms with Crippen molar-refractivity contribution >= 4 is 11.6 Å². The highest BCUT2D eigenvalue weighted by atomic mass is 19.4. The van der Waals surface area contributed by atoms with Crippen LogP contribution in [0.5, 0.6) is 0 Å². The van der Waals surface area contributed by atoms with Crippen molar-refractivity contribution in [2.45, 2.75) is 12.4 Å². The zero-order valence-electron chi connectivity index (χ0n) is 13.5. The third-order valence-electron chi connectivity index (χ3n) is 3.38. The third-order valence-corrected chi connectivity index (χ3v) is 3.38. The zero-order chi connectivity index (χ0) is 20.5. The molecule has 0 saturated heterocycles. The topological polar surface area (TPSA) is 85.6 Å². The van der Waals surface area contributed by atoms with E-state index in [1.807, 2.05) is 5.32 Å². The van der Waals surface area contributed by atoms with Crippen LogP contribution in [0.25, 0.3) is 5.82 Å². The minimum absolute atomic E-state index is 0.0393. The number of benzene rings is 1. The van der Waals surface area contributed by atoms with Crippen LogP contribution in [0.15, 0.2) is 43.0 Å². The van der Waals surface area contributed by atoms with Gasteiger partial charge in [0, 0.05) is 5.69 Å². The van der Waals surface area contributed by atoms with Gasteiger partial charge in [-0.1, -0.05) is 0 Å². The molecule has 3 aromatic rings. The van der Waals surface area contributed by atoms with Gasteiger partial charge in [-0.3, -0.25) is 4.79 Å². The summed E-state index contributed by atoms with van der Waals surface area (Å²) in [6.45, 7) is 0. The molecule has 1 N–H and O–H groups in total. The Balaban J connectivity index is 1.87. The van der Waals surface area contributed by atoms with Crippen molar-refractivity contribution in [3.05, 3.63) is 59.8 Å². The Morgan fingerprint density at radius 2 is 1.57 bits per heavy atom. The first-order chi connectivity index (χ1) is 13.0. The second kappa shape index (κ2) is 6.90. The first-order valence-corrected chi connectivity index (χ1v) is 7.33. The average Bonchev–Trinajstić information content (AvgIpc) is 3.15. The summed E-state index contributed by atoms with van der Waals surface area (Å²) in [7, 11) is 0. The van der Waals surface area contributed by atoms with Crippen LogP contribution in [-0.2, 0) is 12.4 Å². The number of nitrogens with one attached hydrogen (secondary N) is 1. The van der Waals surface area contributed by atoms with Crippen molar-refractivity contribution in [1.82, 2.24) is 25.0 Å². The molecule has 28 heavy (non-hydrogen) atoms. The first-order valence-electron chi connectivity index (χ1n) is 7.33. The molecule has 13 heteroatoms. The van der Waals surface area contributed by atoms with Gasteiger partial charge < -0.3 is 5.32 Å². The Morgan fingerprint density at radius 3 is 2.04 bits per heavy atom. The Bertz CT molecular complexity index is 949. The number of carbonyl (C=O) groups is 1. The number of amides is 1. The maximum Gasteiger partial charge on any atom is 0.416 e. The second-order valence-corrected chi connectivity index (χ2v) is 5.37. The minimum Gasteiger partial charge on any atom is -0.321 e. The van der Waals surface area contributed by atoms with Gasteiger partial charge in [0.25, 0.3) is 5.91 Å². The average molecular weight is 402 g/mol. The number of rotatable bonds is 3. The molecule has 0 aliphatic carbocycles. The quantitative estimate of drug-likeness (QED) is 0.680. The molecule has 0 bridgehead atoms. The monoisotopic (exact) mass is 402 g/mol. The van der Waals surface area contributed by atoms with Crippen LogP contribution in [-0.4, -0.2) is 30.9 Å². The zero-order valence-corrected chi connectivity index (χ0v) is 13.5. The summed E-state index contributed by atoms with van der Waals surface area (Å²) in [4.78, 5) is 15.8. The summed E-state index contributed by atoms with van der Waals surface area (Å²) in [6.07, 6.45) is -7.51. The first kappa shape index (κ1) is 19.3. The molecule has 0 unspecified atom stereocenters. The Labute approximate surface area is 152 Å². The van der Waals surface area contributed by atoms with Gasteiger partial charge in [-0.25, -0.2) is 9.67 Å². The molecule has 1 aromatic carbocycles. The van der Waals surface area contributed by atoms with Gasteiger partial charge in [0.2, 0.25) is 0 Å². The summed E-state index contributed by atoms with van der Waals surface area (Å²) in [5, 5.41) is 13.0. The highest BCUT2D eigenvalue weighted by Crippen LogP contribution is 2.37. The van der Waals surface area contributed by atoms with Crippen molar-refractivity contribution in [2.75, 3.05) is 5.32 Å². The van der Waals surface area contributed by atoms with E-state index in [1.54, 1.807) is 0 Å². The van der Waals surface area contributed by atoms with E-state index in [-0.39, 0.29) is 17.6 Å². The fraction of sp³-hybridized carbons (Fsp3) is 0.133. The van der Waals surface area contributed by atoms with E-state index in [9.17, 15) is 31.1 Å². The summed E-state index contributed by atoms with van der Waals surface area (Å²) < 4.78 is 78.4. The highest BCUT2D eigenvalue weighted by Gasteiger charge is 2.37. The Hall–Kier alpha value is -3.51. The smallest absolute Gasteiger partial charge is 0.321 e. The maximum absolute atomic E-state index is 12.9. The van der Waals surface area contributed by atoms with Crippen LogP contribution >= 0.6 is 0 Å². The van der Waals surface area contributed by atoms with Gasteiger partial charge in [-0.2, -0.15) is 31.4 Å². The molecule has 2 heterocycles. The molecular formula is C15H8F6N6O. The van der Waals surface area contributed by atoms with E-state index in [4.69, 9.17) is 0 Å². The minimum atomic E-state index is -5.03. The predicted molar refractivity (Wildman–Crippen MR) is 81.3 cm³/mol. The van der Waals surface area contributed by atoms with E-state index in [0.29, 0.717) is 12.1 Å². The molecule has 0 spiro atoms. The highest BCUT2D eigenvalue weighted by molar-refractivity contribution is 6.02. The van der Waals surface area contributed by atoms with Crippen molar-refractivity contribution in [3.63, 3.8) is 0 Å². The summed E-state index contributed by atoms with van der Waals surface area (Å²) in [6, 6.07) is 3.25. The van der Waals surface area contributed by atoms with Crippen LogP contribution in [0, 0.1) is 0 Å². The van der Waals surface area contributed by atoms with Gasteiger partial charge in [0.15, 0.2) is 11.5 Å². The molecule has 146 valence electrons. The number of carbonyl (C=O) groups excluding carboxylic acids is 1. The van der Waals surface area contributed by atoms with Crippen LogP contribution in [0.3, 0.4) is 0 Å². The molecule has 0 saturated carbocycles. The lowest BCUT2D eigenvalue weighted by Gasteiger charge is -2.14. The number of halogens is 6. The molecule has 7 nitrogen and oxygen atoms in total. The Morgan fingerprint density at radius 1 is 0.929 bits per heavy atom. The van der Waals surface area contributed by atoms with Crippen molar-refractivity contribution in [1.29, 1.82) is 0 Å². The Kier molecular flexibility index (Phi) is 4.75. The summed E-state index contributed by atoms with van der Waals surface area (Å²) in [5.41, 5.74) is -4.11. The number of hydrogen-bond donors (Lipinski definition) is 1. The molecule has 0 fully saturated rings. The van der Waals surface area contributed by atoms with Gasteiger partial charge in [-0.05, 0) is 30.3 Å². The van der Waals surface area contributed by atoms with E-state index in [1.165, 1.54) is 29.5 Å². The van der Waals surface area contributed by atoms with Gasteiger partial charge in [0.05, 0.1) is 11.1 Å². The van der Waals surface area contributed by atoms with E-state index < -0.39 is 35.1 Å². The predicted octanol–water partition coefficient (Wildman–Crippen LogP) is 3.35. The van der Waals surface area contributed by atoms with E-state index in [2.05, 4.69) is 20.3 Å². The number of anilines is 1. The van der Waals surface area contributed by atoms with Crippen molar-refractivity contribution in [2.24, 2.45) is 0 Å². The van der Waals surface area contributed by atoms with Gasteiger partial charge in [0.1, 0.15) is 12.7 Å². The lowest BCUT2D eigenvalue weighted by Crippen LogP contribution is -2.17. The molecule has 0 aliphatic rings. The van der Waals surface area contributed by atoms with Crippen LogP contribution < -0.4 is 5.32 Å². The maximum atomic E-state index is 12.9. The van der Waals surface area contributed by atoms with Crippen LogP contribution in [0.4, 0.5) is 32.0 Å². The number of nitrogens with zero attached hydrogens (tertiary/aromatic N) is 5. The van der Waals surface area contributed by atoms with Crippen molar-refractivity contribution in [3.8, 4) is 5.82 Å². The molecule has 0 aliphatic heterocycles. The lowest BCUT2D eigenvalue weighted by molar-refractivity contribution is -0.143. The summed E-state index contributed by atoms with van der Waals surface area (Å²) >= 11 is 0. The summed E-state index contributed by atoms with van der Waals surface area (Å²) in [5.74, 6) is -0.836.